The van der Waals surface area contributed by atoms with Crippen LogP contribution in [0, 0.1) is 5.41 Å². The van der Waals surface area contributed by atoms with E-state index in [1.807, 2.05) is 13.0 Å². The van der Waals surface area contributed by atoms with Gasteiger partial charge in [-0.3, -0.25) is 9.59 Å². The van der Waals surface area contributed by atoms with Crippen molar-refractivity contribution in [3.63, 3.8) is 0 Å². The van der Waals surface area contributed by atoms with Crippen LogP contribution in [0.25, 0.3) is 0 Å². The average Bonchev–Trinajstić information content (AvgIpc) is 2.47. The van der Waals surface area contributed by atoms with Crippen molar-refractivity contribution in [3.8, 4) is 5.75 Å². The first-order chi connectivity index (χ1) is 9.99. The van der Waals surface area contributed by atoms with Crippen LogP contribution in [0.3, 0.4) is 0 Å². The molecule has 0 heterocycles. The second kappa shape index (κ2) is 7.67. The molecule has 1 aromatic carbocycles. The number of aliphatic carboxylic acids is 1. The van der Waals surface area contributed by atoms with Gasteiger partial charge >= 0.3 is 5.97 Å². The summed E-state index contributed by atoms with van der Waals surface area (Å²) in [7, 11) is 0. The summed E-state index contributed by atoms with van der Waals surface area (Å²) in [4.78, 5) is 23.6. The SMILES string of the molecule is CCOc1ccccc1NC(=O)CC(CC)(CC)C(=O)O. The Morgan fingerprint density at radius 2 is 1.81 bits per heavy atom. The summed E-state index contributed by atoms with van der Waals surface area (Å²) in [5.41, 5.74) is -0.444. The molecule has 0 bridgehead atoms. The van der Waals surface area contributed by atoms with Gasteiger partial charge in [0.05, 0.1) is 17.7 Å². The highest BCUT2D eigenvalue weighted by atomic mass is 16.5. The average molecular weight is 293 g/mol. The quantitative estimate of drug-likeness (QED) is 0.771. The molecule has 2 N–H and O–H groups in total. The molecule has 1 aromatic rings. The van der Waals surface area contributed by atoms with Gasteiger partial charge in [-0.1, -0.05) is 26.0 Å². The molecule has 0 unspecified atom stereocenters. The van der Waals surface area contributed by atoms with E-state index in [2.05, 4.69) is 5.32 Å². The van der Waals surface area contributed by atoms with Gasteiger partial charge in [0.1, 0.15) is 5.75 Å². The number of nitrogens with one attached hydrogen (secondary N) is 1. The number of carbonyl (C=O) groups is 2. The minimum atomic E-state index is -1.01. The lowest BCUT2D eigenvalue weighted by molar-refractivity contribution is -0.151. The molecule has 0 radical (unpaired) electrons. The molecule has 21 heavy (non-hydrogen) atoms. The standard InChI is InChI=1S/C16H23NO4/c1-4-16(5-2,15(19)20)11-14(18)17-12-9-7-8-10-13(12)21-6-3/h7-10H,4-6,11H2,1-3H3,(H,17,18)(H,19,20). The van der Waals surface area contributed by atoms with Crippen molar-refractivity contribution in [2.75, 3.05) is 11.9 Å². The number of carbonyl (C=O) groups excluding carboxylic acids is 1. The lowest BCUT2D eigenvalue weighted by Gasteiger charge is -2.26. The Morgan fingerprint density at radius 3 is 2.33 bits per heavy atom. The van der Waals surface area contributed by atoms with Crippen LogP contribution >= 0.6 is 0 Å². The smallest absolute Gasteiger partial charge is 0.310 e. The van der Waals surface area contributed by atoms with Crippen LogP contribution in [0.2, 0.25) is 0 Å². The first-order valence-corrected chi connectivity index (χ1v) is 7.24. The molecule has 0 aliphatic carbocycles. The van der Waals surface area contributed by atoms with Gasteiger partial charge in [0, 0.05) is 6.42 Å². The molecule has 0 aliphatic heterocycles. The maximum atomic E-state index is 12.2. The van der Waals surface area contributed by atoms with Crippen LogP contribution in [0.15, 0.2) is 24.3 Å². The molecule has 0 atom stereocenters. The Morgan fingerprint density at radius 1 is 1.19 bits per heavy atom. The van der Waals surface area contributed by atoms with E-state index in [0.29, 0.717) is 30.9 Å². The van der Waals surface area contributed by atoms with Gasteiger partial charge < -0.3 is 15.2 Å². The van der Waals surface area contributed by atoms with Gasteiger partial charge in [-0.15, -0.1) is 0 Å². The number of hydrogen-bond acceptors (Lipinski definition) is 3. The van der Waals surface area contributed by atoms with E-state index in [9.17, 15) is 14.7 Å². The van der Waals surface area contributed by atoms with Crippen LogP contribution in [-0.4, -0.2) is 23.6 Å². The van der Waals surface area contributed by atoms with Crippen LogP contribution in [0.5, 0.6) is 5.75 Å². The zero-order valence-electron chi connectivity index (χ0n) is 12.8. The normalized spacial score (nSPS) is 11.0. The van der Waals surface area contributed by atoms with Crippen LogP contribution in [0.4, 0.5) is 5.69 Å². The molecule has 0 saturated heterocycles. The van der Waals surface area contributed by atoms with E-state index in [1.165, 1.54) is 0 Å². The molecule has 1 rings (SSSR count). The predicted octanol–water partition coefficient (Wildman–Crippen LogP) is 3.30. The summed E-state index contributed by atoms with van der Waals surface area (Å²) in [6.45, 7) is 5.94. The number of benzene rings is 1. The largest absolute Gasteiger partial charge is 0.492 e. The fraction of sp³-hybridized carbons (Fsp3) is 0.500. The van der Waals surface area contributed by atoms with Crippen LogP contribution in [-0.2, 0) is 9.59 Å². The lowest BCUT2D eigenvalue weighted by atomic mass is 9.79. The van der Waals surface area contributed by atoms with E-state index in [0.717, 1.165) is 0 Å². The van der Waals surface area contributed by atoms with Crippen molar-refractivity contribution in [3.05, 3.63) is 24.3 Å². The van der Waals surface area contributed by atoms with Crippen molar-refractivity contribution in [2.45, 2.75) is 40.0 Å². The summed E-state index contributed by atoms with van der Waals surface area (Å²) in [6.07, 6.45) is 0.786. The number of anilines is 1. The van der Waals surface area contributed by atoms with Gasteiger partial charge in [-0.05, 0) is 31.9 Å². The summed E-state index contributed by atoms with van der Waals surface area (Å²) < 4.78 is 5.44. The zero-order valence-corrected chi connectivity index (χ0v) is 12.8. The van der Waals surface area contributed by atoms with Gasteiger partial charge in [0.2, 0.25) is 5.91 Å². The monoisotopic (exact) mass is 293 g/mol. The molecule has 116 valence electrons. The fourth-order valence-electron chi connectivity index (χ4n) is 2.23. The number of ether oxygens (including phenoxy) is 1. The van der Waals surface area contributed by atoms with Gasteiger partial charge in [0.25, 0.3) is 0 Å². The van der Waals surface area contributed by atoms with Crippen LogP contribution < -0.4 is 10.1 Å². The van der Waals surface area contributed by atoms with Gasteiger partial charge in [-0.2, -0.15) is 0 Å². The number of para-hydroxylation sites is 2. The van der Waals surface area contributed by atoms with E-state index in [-0.39, 0.29) is 12.3 Å². The van der Waals surface area contributed by atoms with Crippen molar-refractivity contribution >= 4 is 17.6 Å². The first kappa shape index (κ1) is 17.0. The Balaban J connectivity index is 2.84. The Labute approximate surface area is 125 Å². The second-order valence-corrected chi connectivity index (χ2v) is 4.95. The number of rotatable bonds is 8. The maximum absolute atomic E-state index is 12.2. The molecule has 0 saturated carbocycles. The third kappa shape index (κ3) is 4.21. The molecular formula is C16H23NO4. The fourth-order valence-corrected chi connectivity index (χ4v) is 2.23. The maximum Gasteiger partial charge on any atom is 0.310 e. The Bertz CT molecular complexity index is 495. The number of carboxylic acids is 1. The minimum absolute atomic E-state index is 0.0458. The highest BCUT2D eigenvalue weighted by Gasteiger charge is 2.37. The molecule has 0 spiro atoms. The van der Waals surface area contributed by atoms with Crippen LogP contribution in [0.1, 0.15) is 40.0 Å². The van der Waals surface area contributed by atoms with Gasteiger partial charge in [-0.25, -0.2) is 0 Å². The summed E-state index contributed by atoms with van der Waals surface area (Å²) in [5.74, 6) is -0.656. The zero-order chi connectivity index (χ0) is 15.9. The second-order valence-electron chi connectivity index (χ2n) is 4.95. The molecule has 0 aromatic heterocycles. The lowest BCUT2D eigenvalue weighted by Crippen LogP contribution is -2.34. The third-order valence-electron chi connectivity index (χ3n) is 3.77. The topological polar surface area (TPSA) is 75.6 Å². The molecule has 5 heteroatoms. The Hall–Kier alpha value is -2.04. The van der Waals surface area contributed by atoms with Gasteiger partial charge in [0.15, 0.2) is 0 Å². The molecule has 1 amide bonds. The number of hydrogen-bond donors (Lipinski definition) is 2. The third-order valence-corrected chi connectivity index (χ3v) is 3.77. The minimum Gasteiger partial charge on any atom is -0.492 e. The summed E-state index contributed by atoms with van der Waals surface area (Å²) in [5, 5.41) is 12.1. The molecule has 0 fully saturated rings. The summed E-state index contributed by atoms with van der Waals surface area (Å²) in [6, 6.07) is 7.12. The van der Waals surface area contributed by atoms with E-state index in [4.69, 9.17) is 4.74 Å². The van der Waals surface area contributed by atoms with E-state index < -0.39 is 11.4 Å². The number of carboxylic acid groups (broad SMARTS) is 1. The van der Waals surface area contributed by atoms with Crippen molar-refractivity contribution in [1.82, 2.24) is 0 Å². The van der Waals surface area contributed by atoms with Crippen molar-refractivity contribution in [1.29, 1.82) is 0 Å². The summed E-state index contributed by atoms with van der Waals surface area (Å²) >= 11 is 0. The number of amides is 1. The van der Waals surface area contributed by atoms with E-state index >= 15 is 0 Å². The molecule has 0 aliphatic rings. The molecule has 5 nitrogen and oxygen atoms in total. The van der Waals surface area contributed by atoms with Crippen molar-refractivity contribution < 1.29 is 19.4 Å². The Kier molecular flexibility index (Phi) is 6.21. The highest BCUT2D eigenvalue weighted by Crippen LogP contribution is 2.32. The van der Waals surface area contributed by atoms with Crippen molar-refractivity contribution in [2.24, 2.45) is 5.41 Å². The predicted molar refractivity (Wildman–Crippen MR) is 81.5 cm³/mol. The highest BCUT2D eigenvalue weighted by molar-refractivity contribution is 5.95. The first-order valence-electron chi connectivity index (χ1n) is 7.24. The van der Waals surface area contributed by atoms with E-state index in [1.54, 1.807) is 32.0 Å². The molecular weight excluding hydrogens is 270 g/mol.